The van der Waals surface area contributed by atoms with Gasteiger partial charge in [0.2, 0.25) is 0 Å². The Kier molecular flexibility index (Phi) is 5.64. The zero-order valence-corrected chi connectivity index (χ0v) is 13.6. The molecule has 0 aliphatic carbocycles. The standard InChI is InChI=1S/C20H22N2O2/c23-20(22-14-16-10-12-21-13-11-16)18-6-8-19(9-7-18)24-15-17-4-2-1-3-5-17/h1-10,21H,11-15H2,(H,22,23). The minimum absolute atomic E-state index is 0.0518. The van der Waals surface area contributed by atoms with Crippen molar-refractivity contribution in [1.29, 1.82) is 0 Å². The Morgan fingerprint density at radius 3 is 2.58 bits per heavy atom. The fourth-order valence-corrected chi connectivity index (χ4v) is 2.57. The first kappa shape index (κ1) is 16.3. The Bertz CT molecular complexity index is 693. The SMILES string of the molecule is O=C(NCC1=CCNCC1)c1ccc(OCc2ccccc2)cc1. The zero-order chi connectivity index (χ0) is 16.6. The molecule has 4 nitrogen and oxygen atoms in total. The topological polar surface area (TPSA) is 50.4 Å². The number of hydrogen-bond acceptors (Lipinski definition) is 3. The lowest BCUT2D eigenvalue weighted by atomic mass is 10.1. The van der Waals surface area contributed by atoms with Crippen LogP contribution in [0, 0.1) is 0 Å². The maximum absolute atomic E-state index is 12.2. The molecule has 0 atom stereocenters. The van der Waals surface area contributed by atoms with Gasteiger partial charge in [-0.2, -0.15) is 0 Å². The molecule has 1 amide bonds. The molecule has 0 bridgehead atoms. The van der Waals surface area contributed by atoms with Crippen LogP contribution in [0.3, 0.4) is 0 Å². The molecular weight excluding hydrogens is 300 g/mol. The third kappa shape index (κ3) is 4.70. The van der Waals surface area contributed by atoms with E-state index < -0.39 is 0 Å². The number of carbonyl (C=O) groups is 1. The highest BCUT2D eigenvalue weighted by molar-refractivity contribution is 5.94. The Morgan fingerprint density at radius 1 is 1.08 bits per heavy atom. The second kappa shape index (κ2) is 8.31. The van der Waals surface area contributed by atoms with Gasteiger partial charge in [0.05, 0.1) is 0 Å². The number of hydrogen-bond donors (Lipinski definition) is 2. The molecule has 0 saturated carbocycles. The van der Waals surface area contributed by atoms with Gasteiger partial charge in [-0.3, -0.25) is 4.79 Å². The third-order valence-electron chi connectivity index (χ3n) is 4.00. The molecule has 1 heterocycles. The number of carbonyl (C=O) groups excluding carboxylic acids is 1. The van der Waals surface area contributed by atoms with Crippen molar-refractivity contribution in [3.63, 3.8) is 0 Å². The molecule has 24 heavy (non-hydrogen) atoms. The van der Waals surface area contributed by atoms with Crippen LogP contribution in [0.2, 0.25) is 0 Å². The highest BCUT2D eigenvalue weighted by atomic mass is 16.5. The van der Waals surface area contributed by atoms with Crippen LogP contribution in [0.25, 0.3) is 0 Å². The largest absolute Gasteiger partial charge is 0.489 e. The first-order chi connectivity index (χ1) is 11.8. The van der Waals surface area contributed by atoms with E-state index in [1.165, 1.54) is 5.57 Å². The molecular formula is C20H22N2O2. The molecule has 3 rings (SSSR count). The lowest BCUT2D eigenvalue weighted by Crippen LogP contribution is -2.29. The Balaban J connectivity index is 1.50. The van der Waals surface area contributed by atoms with Crippen molar-refractivity contribution in [3.05, 3.63) is 77.4 Å². The Morgan fingerprint density at radius 2 is 1.88 bits per heavy atom. The van der Waals surface area contributed by atoms with Crippen molar-refractivity contribution in [2.75, 3.05) is 19.6 Å². The summed E-state index contributed by atoms with van der Waals surface area (Å²) in [6.07, 6.45) is 3.14. The first-order valence-electron chi connectivity index (χ1n) is 8.25. The molecule has 4 heteroatoms. The molecule has 0 saturated heterocycles. The van der Waals surface area contributed by atoms with Crippen LogP contribution in [0.5, 0.6) is 5.75 Å². The van der Waals surface area contributed by atoms with Gasteiger partial charge in [0.15, 0.2) is 0 Å². The molecule has 0 unspecified atom stereocenters. The van der Waals surface area contributed by atoms with E-state index in [4.69, 9.17) is 4.74 Å². The van der Waals surface area contributed by atoms with E-state index in [2.05, 4.69) is 16.7 Å². The second-order valence-electron chi connectivity index (χ2n) is 5.80. The Hall–Kier alpha value is -2.59. The molecule has 2 aromatic carbocycles. The number of nitrogens with one attached hydrogen (secondary N) is 2. The average molecular weight is 322 g/mol. The van der Waals surface area contributed by atoms with Crippen LogP contribution in [0.1, 0.15) is 22.3 Å². The van der Waals surface area contributed by atoms with Crippen molar-refractivity contribution in [2.45, 2.75) is 13.0 Å². The smallest absolute Gasteiger partial charge is 0.251 e. The third-order valence-corrected chi connectivity index (χ3v) is 4.00. The predicted octanol–water partition coefficient (Wildman–Crippen LogP) is 2.92. The number of rotatable bonds is 6. The lowest BCUT2D eigenvalue weighted by molar-refractivity contribution is 0.0956. The molecule has 2 N–H and O–H groups in total. The van der Waals surface area contributed by atoms with E-state index in [0.717, 1.165) is 30.8 Å². The minimum Gasteiger partial charge on any atom is -0.489 e. The number of amides is 1. The molecule has 0 radical (unpaired) electrons. The molecule has 124 valence electrons. The molecule has 1 aliphatic rings. The summed E-state index contributed by atoms with van der Waals surface area (Å²) in [6, 6.07) is 17.3. The highest BCUT2D eigenvalue weighted by Crippen LogP contribution is 2.14. The van der Waals surface area contributed by atoms with Crippen LogP contribution < -0.4 is 15.4 Å². The minimum atomic E-state index is -0.0518. The summed E-state index contributed by atoms with van der Waals surface area (Å²) >= 11 is 0. The van der Waals surface area contributed by atoms with Gasteiger partial charge >= 0.3 is 0 Å². The summed E-state index contributed by atoms with van der Waals surface area (Å²) in [5.41, 5.74) is 3.05. The van der Waals surface area contributed by atoms with Gasteiger partial charge < -0.3 is 15.4 Å². The number of ether oxygens (including phenoxy) is 1. The molecule has 2 aromatic rings. The summed E-state index contributed by atoms with van der Waals surface area (Å²) in [6.45, 7) is 3.01. The number of benzene rings is 2. The quantitative estimate of drug-likeness (QED) is 0.804. The van der Waals surface area contributed by atoms with Crippen molar-refractivity contribution in [1.82, 2.24) is 10.6 Å². The maximum atomic E-state index is 12.2. The van der Waals surface area contributed by atoms with Gasteiger partial charge in [0.1, 0.15) is 12.4 Å². The van der Waals surface area contributed by atoms with E-state index in [9.17, 15) is 4.79 Å². The monoisotopic (exact) mass is 322 g/mol. The van der Waals surface area contributed by atoms with Crippen molar-refractivity contribution in [2.24, 2.45) is 0 Å². The van der Waals surface area contributed by atoms with E-state index in [1.54, 1.807) is 12.1 Å². The normalized spacial score (nSPS) is 13.9. The first-order valence-corrected chi connectivity index (χ1v) is 8.25. The van der Waals surface area contributed by atoms with E-state index in [0.29, 0.717) is 18.7 Å². The van der Waals surface area contributed by atoms with Crippen molar-refractivity contribution >= 4 is 5.91 Å². The van der Waals surface area contributed by atoms with Gasteiger partial charge in [0.25, 0.3) is 5.91 Å². The van der Waals surface area contributed by atoms with Crippen LogP contribution in [0.15, 0.2) is 66.2 Å². The van der Waals surface area contributed by atoms with E-state index >= 15 is 0 Å². The summed E-state index contributed by atoms with van der Waals surface area (Å²) < 4.78 is 5.73. The Labute approximate surface area is 142 Å². The maximum Gasteiger partial charge on any atom is 0.251 e. The lowest BCUT2D eigenvalue weighted by Gasteiger charge is -2.14. The van der Waals surface area contributed by atoms with Crippen LogP contribution in [0.4, 0.5) is 0 Å². The highest BCUT2D eigenvalue weighted by Gasteiger charge is 2.08. The fourth-order valence-electron chi connectivity index (χ4n) is 2.57. The van der Waals surface area contributed by atoms with Gasteiger partial charge in [-0.25, -0.2) is 0 Å². The van der Waals surface area contributed by atoms with E-state index in [1.807, 2.05) is 42.5 Å². The van der Waals surface area contributed by atoms with E-state index in [-0.39, 0.29) is 5.91 Å². The van der Waals surface area contributed by atoms with Gasteiger partial charge in [-0.1, -0.05) is 42.0 Å². The van der Waals surface area contributed by atoms with Crippen LogP contribution in [-0.2, 0) is 6.61 Å². The molecule has 0 spiro atoms. The fraction of sp³-hybridized carbons (Fsp3) is 0.250. The molecule has 0 aromatic heterocycles. The van der Waals surface area contributed by atoms with Crippen LogP contribution >= 0.6 is 0 Å². The summed E-state index contributed by atoms with van der Waals surface area (Å²) in [7, 11) is 0. The predicted molar refractivity (Wildman–Crippen MR) is 95.1 cm³/mol. The summed E-state index contributed by atoms with van der Waals surface area (Å²) in [4.78, 5) is 12.2. The van der Waals surface area contributed by atoms with Crippen molar-refractivity contribution < 1.29 is 9.53 Å². The summed E-state index contributed by atoms with van der Waals surface area (Å²) in [5, 5.41) is 6.23. The van der Waals surface area contributed by atoms with Gasteiger partial charge in [0, 0.05) is 18.7 Å². The molecule has 0 fully saturated rings. The van der Waals surface area contributed by atoms with Crippen LogP contribution in [-0.4, -0.2) is 25.5 Å². The average Bonchev–Trinajstić information content (AvgIpc) is 2.66. The van der Waals surface area contributed by atoms with Gasteiger partial charge in [-0.15, -0.1) is 0 Å². The summed E-state index contributed by atoms with van der Waals surface area (Å²) in [5.74, 6) is 0.709. The molecule has 1 aliphatic heterocycles. The van der Waals surface area contributed by atoms with Gasteiger partial charge in [-0.05, 0) is 42.8 Å². The zero-order valence-electron chi connectivity index (χ0n) is 13.6. The van der Waals surface area contributed by atoms with Crippen molar-refractivity contribution in [3.8, 4) is 5.75 Å². The second-order valence-corrected chi connectivity index (χ2v) is 5.80.